The van der Waals surface area contributed by atoms with Crippen LogP contribution in [0.2, 0.25) is 0 Å². The molecule has 22 heavy (non-hydrogen) atoms. The minimum atomic E-state index is -4.52. The number of ether oxygens (including phenoxy) is 2. The number of amides is 2. The highest BCUT2D eigenvalue weighted by Gasteiger charge is 2.33. The number of benzene rings is 1. The fourth-order valence-corrected chi connectivity index (χ4v) is 2.02. The molecular formula is C14H17F3N2O3. The van der Waals surface area contributed by atoms with Crippen molar-refractivity contribution in [1.82, 2.24) is 4.90 Å². The number of carbonyl (C=O) groups excluding carboxylic acids is 1. The van der Waals surface area contributed by atoms with E-state index in [9.17, 15) is 18.0 Å². The maximum atomic E-state index is 12.9. The molecule has 1 aromatic rings. The van der Waals surface area contributed by atoms with E-state index >= 15 is 0 Å². The van der Waals surface area contributed by atoms with Crippen LogP contribution in [0.1, 0.15) is 12.0 Å². The van der Waals surface area contributed by atoms with Gasteiger partial charge in [-0.1, -0.05) is 12.1 Å². The van der Waals surface area contributed by atoms with Gasteiger partial charge in [0.05, 0.1) is 24.5 Å². The normalized spacial score (nSPS) is 15.8. The fourth-order valence-electron chi connectivity index (χ4n) is 2.02. The zero-order chi connectivity index (χ0) is 16.2. The van der Waals surface area contributed by atoms with Crippen LogP contribution in [-0.4, -0.2) is 44.0 Å². The van der Waals surface area contributed by atoms with Crippen LogP contribution in [0.4, 0.5) is 23.7 Å². The lowest BCUT2D eigenvalue weighted by molar-refractivity contribution is -0.136. The summed E-state index contributed by atoms with van der Waals surface area (Å²) in [5.41, 5.74) is -1.14. The topological polar surface area (TPSA) is 50.8 Å². The van der Waals surface area contributed by atoms with E-state index in [4.69, 9.17) is 9.47 Å². The van der Waals surface area contributed by atoms with Gasteiger partial charge in [0.25, 0.3) is 0 Å². The van der Waals surface area contributed by atoms with Crippen LogP contribution in [0.15, 0.2) is 24.3 Å². The molecule has 122 valence electrons. The Labute approximate surface area is 126 Å². The maximum absolute atomic E-state index is 12.9. The molecule has 1 aliphatic heterocycles. The lowest BCUT2D eigenvalue weighted by Crippen LogP contribution is -2.34. The lowest BCUT2D eigenvalue weighted by atomic mass is 10.1. The Bertz CT molecular complexity index is 516. The van der Waals surface area contributed by atoms with E-state index in [-0.39, 0.29) is 12.0 Å². The standard InChI is InChI=1S/C14H17F3N2O3/c1-19(7-6-12-21-8-9-22-12)13(20)18-11-5-3-2-4-10(11)14(15,16)17/h2-5,12H,6-9H2,1H3,(H,18,20). The van der Waals surface area contributed by atoms with Crippen molar-refractivity contribution in [3.8, 4) is 0 Å². The molecule has 1 N–H and O–H groups in total. The Morgan fingerprint density at radius 1 is 1.32 bits per heavy atom. The number of hydrogen-bond donors (Lipinski definition) is 1. The Hall–Kier alpha value is -1.80. The molecule has 1 aliphatic rings. The van der Waals surface area contributed by atoms with Crippen molar-refractivity contribution >= 4 is 11.7 Å². The molecule has 2 amide bonds. The fraction of sp³-hybridized carbons (Fsp3) is 0.500. The first-order valence-electron chi connectivity index (χ1n) is 6.79. The molecule has 0 radical (unpaired) electrons. The number of nitrogens with zero attached hydrogens (tertiary/aromatic N) is 1. The summed E-state index contributed by atoms with van der Waals surface area (Å²) >= 11 is 0. The highest BCUT2D eigenvalue weighted by Crippen LogP contribution is 2.34. The van der Waals surface area contributed by atoms with Crippen LogP contribution in [0.3, 0.4) is 0 Å². The number of halogens is 3. The van der Waals surface area contributed by atoms with Crippen LogP contribution < -0.4 is 5.32 Å². The molecular weight excluding hydrogens is 301 g/mol. The van der Waals surface area contributed by atoms with Gasteiger partial charge in [0.15, 0.2) is 6.29 Å². The van der Waals surface area contributed by atoms with Gasteiger partial charge < -0.3 is 19.7 Å². The first-order valence-corrected chi connectivity index (χ1v) is 6.79. The van der Waals surface area contributed by atoms with Crippen LogP contribution in [0.25, 0.3) is 0 Å². The third-order valence-corrected chi connectivity index (χ3v) is 3.21. The number of para-hydroxylation sites is 1. The molecule has 0 aliphatic carbocycles. The molecule has 5 nitrogen and oxygen atoms in total. The molecule has 8 heteroatoms. The van der Waals surface area contributed by atoms with E-state index in [0.29, 0.717) is 26.2 Å². The summed E-state index contributed by atoms with van der Waals surface area (Å²) in [4.78, 5) is 13.3. The van der Waals surface area contributed by atoms with Crippen molar-refractivity contribution in [1.29, 1.82) is 0 Å². The van der Waals surface area contributed by atoms with Crippen LogP contribution >= 0.6 is 0 Å². The molecule has 1 saturated heterocycles. The van der Waals surface area contributed by atoms with E-state index in [1.165, 1.54) is 30.1 Å². The van der Waals surface area contributed by atoms with Gasteiger partial charge in [0, 0.05) is 20.0 Å². The van der Waals surface area contributed by atoms with E-state index in [0.717, 1.165) is 6.07 Å². The van der Waals surface area contributed by atoms with E-state index in [1.807, 2.05) is 0 Å². The zero-order valence-corrected chi connectivity index (χ0v) is 12.0. The average molecular weight is 318 g/mol. The summed E-state index contributed by atoms with van der Waals surface area (Å²) in [7, 11) is 1.50. The van der Waals surface area contributed by atoms with Gasteiger partial charge in [0.1, 0.15) is 0 Å². The summed E-state index contributed by atoms with van der Waals surface area (Å²) in [6.45, 7) is 1.34. The Morgan fingerprint density at radius 2 is 1.95 bits per heavy atom. The number of urea groups is 1. The van der Waals surface area contributed by atoms with Crippen molar-refractivity contribution in [2.45, 2.75) is 18.9 Å². The van der Waals surface area contributed by atoms with Crippen LogP contribution in [0.5, 0.6) is 0 Å². The molecule has 0 atom stereocenters. The molecule has 2 rings (SSSR count). The number of nitrogens with one attached hydrogen (secondary N) is 1. The van der Waals surface area contributed by atoms with Gasteiger partial charge in [-0.05, 0) is 12.1 Å². The Morgan fingerprint density at radius 3 is 2.59 bits per heavy atom. The number of anilines is 1. The summed E-state index contributed by atoms with van der Waals surface area (Å²) in [5.74, 6) is 0. The van der Waals surface area contributed by atoms with Crippen LogP contribution in [0, 0.1) is 0 Å². The predicted octanol–water partition coefficient (Wildman–Crippen LogP) is 2.93. The van der Waals surface area contributed by atoms with Crippen molar-refractivity contribution in [3.63, 3.8) is 0 Å². The Kier molecular flexibility index (Phi) is 5.25. The number of alkyl halides is 3. The summed E-state index contributed by atoms with van der Waals surface area (Å²) in [5, 5.41) is 2.28. The molecule has 0 aromatic heterocycles. The molecule has 1 fully saturated rings. The van der Waals surface area contributed by atoms with Gasteiger partial charge in [0.2, 0.25) is 0 Å². The zero-order valence-electron chi connectivity index (χ0n) is 12.0. The number of carbonyl (C=O) groups is 1. The molecule has 1 heterocycles. The van der Waals surface area contributed by atoms with E-state index in [2.05, 4.69) is 5.32 Å². The molecule has 0 unspecified atom stereocenters. The van der Waals surface area contributed by atoms with Crippen LogP contribution in [-0.2, 0) is 15.7 Å². The Balaban J connectivity index is 1.93. The smallest absolute Gasteiger partial charge is 0.350 e. The third-order valence-electron chi connectivity index (χ3n) is 3.21. The van der Waals surface area contributed by atoms with Gasteiger partial charge >= 0.3 is 12.2 Å². The van der Waals surface area contributed by atoms with Gasteiger partial charge in [-0.15, -0.1) is 0 Å². The predicted molar refractivity (Wildman–Crippen MR) is 73.4 cm³/mol. The first kappa shape index (κ1) is 16.6. The summed E-state index contributed by atoms with van der Waals surface area (Å²) in [6, 6.07) is 4.24. The monoisotopic (exact) mass is 318 g/mol. The largest absolute Gasteiger partial charge is 0.418 e. The lowest BCUT2D eigenvalue weighted by Gasteiger charge is -2.21. The highest BCUT2D eigenvalue weighted by molar-refractivity contribution is 5.90. The minimum Gasteiger partial charge on any atom is -0.350 e. The number of rotatable bonds is 4. The van der Waals surface area contributed by atoms with Gasteiger partial charge in [-0.25, -0.2) is 4.79 Å². The van der Waals surface area contributed by atoms with Gasteiger partial charge in [-0.3, -0.25) is 0 Å². The molecule has 0 spiro atoms. The minimum absolute atomic E-state index is 0.264. The summed E-state index contributed by atoms with van der Waals surface area (Å²) < 4.78 is 49.0. The second-order valence-corrected chi connectivity index (χ2v) is 4.85. The second-order valence-electron chi connectivity index (χ2n) is 4.85. The molecule has 0 saturated carbocycles. The SMILES string of the molecule is CN(CCC1OCCO1)C(=O)Nc1ccccc1C(F)(F)F. The van der Waals surface area contributed by atoms with Crippen molar-refractivity contribution in [2.24, 2.45) is 0 Å². The van der Waals surface area contributed by atoms with Crippen molar-refractivity contribution in [3.05, 3.63) is 29.8 Å². The highest BCUT2D eigenvalue weighted by atomic mass is 19.4. The first-order chi connectivity index (χ1) is 10.4. The van der Waals surface area contributed by atoms with E-state index < -0.39 is 17.8 Å². The number of hydrogen-bond acceptors (Lipinski definition) is 3. The maximum Gasteiger partial charge on any atom is 0.418 e. The van der Waals surface area contributed by atoms with E-state index in [1.54, 1.807) is 0 Å². The van der Waals surface area contributed by atoms with Crippen molar-refractivity contribution in [2.75, 3.05) is 32.1 Å². The quantitative estimate of drug-likeness (QED) is 0.928. The van der Waals surface area contributed by atoms with Gasteiger partial charge in [-0.2, -0.15) is 13.2 Å². The average Bonchev–Trinajstić information content (AvgIpc) is 2.97. The third kappa shape index (κ3) is 4.35. The summed E-state index contributed by atoms with van der Waals surface area (Å²) in [6.07, 6.45) is -4.42. The molecule has 0 bridgehead atoms. The molecule has 1 aromatic carbocycles. The second kappa shape index (κ2) is 6.97. The van der Waals surface area contributed by atoms with Crippen molar-refractivity contribution < 1.29 is 27.4 Å².